The van der Waals surface area contributed by atoms with Gasteiger partial charge in [0.1, 0.15) is 0 Å². The van der Waals surface area contributed by atoms with Gasteiger partial charge in [-0.1, -0.05) is 6.92 Å². The van der Waals surface area contributed by atoms with Crippen LogP contribution in [-0.4, -0.2) is 43.3 Å². The summed E-state index contributed by atoms with van der Waals surface area (Å²) in [5.74, 6) is -0.329. The Morgan fingerprint density at radius 3 is 2.67 bits per heavy atom. The number of hydrogen-bond donors (Lipinski definition) is 0. The van der Waals surface area contributed by atoms with Gasteiger partial charge in [0.15, 0.2) is 0 Å². The molecule has 1 saturated carbocycles. The van der Waals surface area contributed by atoms with Gasteiger partial charge in [0.2, 0.25) is 0 Å². The number of amides is 1. The number of methoxy groups -OCH3 is 1. The third kappa shape index (κ3) is 1.76. The average molecular weight is 255 g/mol. The molecule has 0 spiro atoms. The van der Waals surface area contributed by atoms with Crippen LogP contribution in [0.5, 0.6) is 0 Å². The highest BCUT2D eigenvalue weighted by atomic mass is 16.5. The fourth-order valence-electron chi connectivity index (χ4n) is 3.50. The molecule has 0 radical (unpaired) electrons. The van der Waals surface area contributed by atoms with Crippen molar-refractivity contribution >= 4 is 12.1 Å². The van der Waals surface area contributed by atoms with E-state index in [0.29, 0.717) is 13.2 Å². The summed E-state index contributed by atoms with van der Waals surface area (Å²) in [6.45, 7) is 4.95. The van der Waals surface area contributed by atoms with Crippen LogP contribution in [0.1, 0.15) is 33.1 Å². The van der Waals surface area contributed by atoms with Crippen LogP contribution < -0.4 is 0 Å². The molecular weight excluding hydrogens is 234 g/mol. The predicted octanol–water partition coefficient (Wildman–Crippen LogP) is 1.81. The molecule has 5 heteroatoms. The van der Waals surface area contributed by atoms with Crippen LogP contribution in [0, 0.1) is 11.3 Å². The van der Waals surface area contributed by atoms with Gasteiger partial charge in [-0.05, 0) is 26.2 Å². The van der Waals surface area contributed by atoms with Crippen LogP contribution in [0.3, 0.4) is 0 Å². The number of fused-ring (bicyclic) bond motifs is 1. The van der Waals surface area contributed by atoms with Crippen molar-refractivity contribution in [2.24, 2.45) is 11.3 Å². The van der Waals surface area contributed by atoms with E-state index in [-0.39, 0.29) is 29.4 Å². The predicted molar refractivity (Wildman–Crippen MR) is 65.0 cm³/mol. The van der Waals surface area contributed by atoms with Crippen molar-refractivity contribution < 1.29 is 19.1 Å². The molecule has 5 nitrogen and oxygen atoms in total. The van der Waals surface area contributed by atoms with Crippen LogP contribution in [0.15, 0.2) is 0 Å². The third-order valence-electron chi connectivity index (χ3n) is 4.40. The van der Waals surface area contributed by atoms with E-state index in [9.17, 15) is 9.59 Å². The smallest absolute Gasteiger partial charge is 0.409 e. The fraction of sp³-hybridized carbons (Fsp3) is 0.846. The molecule has 0 aromatic carbocycles. The summed E-state index contributed by atoms with van der Waals surface area (Å²) in [5.41, 5.74) is -0.0707. The number of nitrogens with zero attached hydrogens (tertiary/aromatic N) is 1. The Hall–Kier alpha value is -1.26. The Balaban J connectivity index is 2.17. The van der Waals surface area contributed by atoms with E-state index in [4.69, 9.17) is 9.47 Å². The maximum atomic E-state index is 12.0. The minimum atomic E-state index is -0.329. The molecule has 0 N–H and O–H groups in total. The molecule has 2 rings (SSSR count). The van der Waals surface area contributed by atoms with Crippen LogP contribution in [0.25, 0.3) is 0 Å². The second-order valence-electron chi connectivity index (χ2n) is 5.03. The van der Waals surface area contributed by atoms with Crippen molar-refractivity contribution in [2.45, 2.75) is 39.2 Å². The van der Waals surface area contributed by atoms with E-state index in [1.165, 1.54) is 7.11 Å². The van der Waals surface area contributed by atoms with E-state index in [1.807, 2.05) is 0 Å². The molecule has 1 heterocycles. The summed E-state index contributed by atoms with van der Waals surface area (Å²) >= 11 is 0. The second-order valence-corrected chi connectivity index (χ2v) is 5.03. The molecular formula is C13H21NO4. The number of carbonyl (C=O) groups excluding carboxylic acids is 2. The van der Waals surface area contributed by atoms with Crippen LogP contribution in [-0.2, 0) is 14.3 Å². The van der Waals surface area contributed by atoms with Crippen LogP contribution in [0.4, 0.5) is 4.79 Å². The highest BCUT2D eigenvalue weighted by Gasteiger charge is 2.71. The monoisotopic (exact) mass is 255 g/mol. The van der Waals surface area contributed by atoms with Gasteiger partial charge in [-0.25, -0.2) is 4.79 Å². The zero-order chi connectivity index (χ0) is 13.3. The number of carbonyl (C=O) groups is 2. The number of ether oxygens (including phenoxy) is 2. The number of hydrogen-bond acceptors (Lipinski definition) is 4. The molecule has 0 aromatic rings. The topological polar surface area (TPSA) is 55.8 Å². The standard InChI is InChI=1S/C13H21NO4/c1-4-13-7-6-8-14(12(16)17-3)10(13)9(13)11(15)18-5-2/h9-10H,4-8H2,1-3H3/t9-,10-,13+/m0/s1. The van der Waals surface area contributed by atoms with Crippen molar-refractivity contribution in [1.29, 1.82) is 0 Å². The van der Waals surface area contributed by atoms with E-state index >= 15 is 0 Å². The summed E-state index contributed by atoms with van der Waals surface area (Å²) < 4.78 is 9.93. The summed E-state index contributed by atoms with van der Waals surface area (Å²) in [4.78, 5) is 25.4. The lowest BCUT2D eigenvalue weighted by molar-refractivity contribution is -0.145. The van der Waals surface area contributed by atoms with Crippen molar-refractivity contribution in [3.63, 3.8) is 0 Å². The maximum absolute atomic E-state index is 12.0. The molecule has 18 heavy (non-hydrogen) atoms. The molecule has 3 atom stereocenters. The first kappa shape index (κ1) is 13.2. The van der Waals surface area contributed by atoms with E-state index in [1.54, 1.807) is 11.8 Å². The Morgan fingerprint density at radius 2 is 2.11 bits per heavy atom. The number of esters is 1. The van der Waals surface area contributed by atoms with Gasteiger partial charge in [-0.15, -0.1) is 0 Å². The number of piperidine rings is 1. The highest BCUT2D eigenvalue weighted by Crippen LogP contribution is 2.63. The zero-order valence-electron chi connectivity index (χ0n) is 11.3. The first-order valence-corrected chi connectivity index (χ1v) is 6.63. The quantitative estimate of drug-likeness (QED) is 0.722. The Labute approximate surface area is 107 Å². The molecule has 2 fully saturated rings. The molecule has 102 valence electrons. The Kier molecular flexibility index (Phi) is 3.50. The van der Waals surface area contributed by atoms with Crippen molar-refractivity contribution in [2.75, 3.05) is 20.3 Å². The van der Waals surface area contributed by atoms with E-state index < -0.39 is 0 Å². The second kappa shape index (κ2) is 4.78. The molecule has 0 aromatic heterocycles. The van der Waals surface area contributed by atoms with Gasteiger partial charge < -0.3 is 14.4 Å². The summed E-state index contributed by atoms with van der Waals surface area (Å²) in [6, 6.07) is -0.0252. The van der Waals surface area contributed by atoms with Crippen LogP contribution >= 0.6 is 0 Å². The largest absolute Gasteiger partial charge is 0.466 e. The van der Waals surface area contributed by atoms with Gasteiger partial charge in [0, 0.05) is 12.0 Å². The number of likely N-dealkylation sites (tertiary alicyclic amines) is 1. The summed E-state index contributed by atoms with van der Waals surface area (Å²) in [7, 11) is 1.38. The highest BCUT2D eigenvalue weighted by molar-refractivity contribution is 5.81. The minimum Gasteiger partial charge on any atom is -0.466 e. The van der Waals surface area contributed by atoms with Crippen molar-refractivity contribution in [3.8, 4) is 0 Å². The minimum absolute atomic E-state index is 0.0252. The summed E-state index contributed by atoms with van der Waals surface area (Å²) in [6.07, 6.45) is 2.49. The molecule has 0 bridgehead atoms. The molecule has 1 aliphatic carbocycles. The third-order valence-corrected chi connectivity index (χ3v) is 4.40. The van der Waals surface area contributed by atoms with Gasteiger partial charge in [-0.2, -0.15) is 0 Å². The molecule has 0 unspecified atom stereocenters. The first-order chi connectivity index (χ1) is 8.62. The lowest BCUT2D eigenvalue weighted by Crippen LogP contribution is -2.40. The number of rotatable bonds is 3. The van der Waals surface area contributed by atoms with Gasteiger partial charge in [-0.3, -0.25) is 4.79 Å². The molecule has 1 saturated heterocycles. The van der Waals surface area contributed by atoms with E-state index in [2.05, 4.69) is 6.92 Å². The van der Waals surface area contributed by atoms with Crippen molar-refractivity contribution in [3.05, 3.63) is 0 Å². The summed E-state index contributed by atoms with van der Waals surface area (Å²) in [5, 5.41) is 0. The first-order valence-electron chi connectivity index (χ1n) is 6.63. The maximum Gasteiger partial charge on any atom is 0.409 e. The van der Waals surface area contributed by atoms with Crippen LogP contribution in [0.2, 0.25) is 0 Å². The van der Waals surface area contributed by atoms with Gasteiger partial charge in [0.25, 0.3) is 0 Å². The van der Waals surface area contributed by atoms with Gasteiger partial charge >= 0.3 is 12.1 Å². The SMILES string of the molecule is CCOC(=O)[C@@H]1[C@@H]2N(C(=O)OC)CCC[C@]12CC. The zero-order valence-corrected chi connectivity index (χ0v) is 11.3. The Morgan fingerprint density at radius 1 is 1.39 bits per heavy atom. The molecule has 1 amide bonds. The Bertz CT molecular complexity index is 357. The molecule has 2 aliphatic rings. The van der Waals surface area contributed by atoms with Crippen molar-refractivity contribution in [1.82, 2.24) is 4.90 Å². The lowest BCUT2D eigenvalue weighted by Gasteiger charge is -2.29. The average Bonchev–Trinajstić information content (AvgIpc) is 3.07. The van der Waals surface area contributed by atoms with Gasteiger partial charge in [0.05, 0.1) is 25.7 Å². The fourth-order valence-corrected chi connectivity index (χ4v) is 3.50. The lowest BCUT2D eigenvalue weighted by atomic mass is 9.91. The molecule has 1 aliphatic heterocycles. The normalized spacial score (nSPS) is 33.6. The van der Waals surface area contributed by atoms with E-state index in [0.717, 1.165) is 19.3 Å².